The number of carbonyl (C=O) groups excluding carboxylic acids is 3. The van der Waals surface area contributed by atoms with Gasteiger partial charge in [-0.15, -0.1) is 0 Å². The third kappa shape index (κ3) is 6.95. The molecule has 0 aliphatic carbocycles. The summed E-state index contributed by atoms with van der Waals surface area (Å²) >= 11 is 0. The van der Waals surface area contributed by atoms with Gasteiger partial charge in [-0.1, -0.05) is 26.0 Å². The highest BCUT2D eigenvalue weighted by Gasteiger charge is 2.24. The lowest BCUT2D eigenvalue weighted by molar-refractivity contribution is -0.146. The van der Waals surface area contributed by atoms with Crippen molar-refractivity contribution < 1.29 is 23.9 Å². The predicted molar refractivity (Wildman–Crippen MR) is 94.3 cm³/mol. The highest BCUT2D eigenvalue weighted by molar-refractivity contribution is 5.96. The fraction of sp³-hybridized carbons (Fsp3) is 0.526. The lowest BCUT2D eigenvalue weighted by atomic mass is 10.0. The molecule has 1 rings (SSSR count). The first-order chi connectivity index (χ1) is 11.9. The molecule has 0 aromatic heterocycles. The van der Waals surface area contributed by atoms with Crippen molar-refractivity contribution in [3.8, 4) is 0 Å². The van der Waals surface area contributed by atoms with Crippen LogP contribution in [0.25, 0.3) is 0 Å². The summed E-state index contributed by atoms with van der Waals surface area (Å²) in [6.07, 6.45) is 0.164. The van der Waals surface area contributed by atoms with Crippen molar-refractivity contribution in [3.05, 3.63) is 35.4 Å². The molecule has 0 spiro atoms. The van der Waals surface area contributed by atoms with Gasteiger partial charge in [-0.2, -0.15) is 0 Å². The van der Waals surface area contributed by atoms with E-state index in [9.17, 15) is 14.4 Å². The first-order valence-corrected chi connectivity index (χ1v) is 8.62. The Morgan fingerprint density at radius 1 is 1.00 bits per heavy atom. The summed E-state index contributed by atoms with van der Waals surface area (Å²) in [5.41, 5.74) is 1.58. The second-order valence-corrected chi connectivity index (χ2v) is 5.90. The Labute approximate surface area is 148 Å². The highest BCUT2D eigenvalue weighted by atomic mass is 16.5. The Morgan fingerprint density at radius 3 is 2.12 bits per heavy atom. The van der Waals surface area contributed by atoms with Crippen LogP contribution >= 0.6 is 0 Å². The maximum Gasteiger partial charge on any atom is 0.328 e. The smallest absolute Gasteiger partial charge is 0.328 e. The predicted octanol–water partition coefficient (Wildman–Crippen LogP) is 2.81. The van der Waals surface area contributed by atoms with Crippen LogP contribution in [0.1, 0.15) is 62.4 Å². The van der Waals surface area contributed by atoms with Crippen LogP contribution in [0.4, 0.5) is 0 Å². The number of ether oxygens (including phenoxy) is 2. The molecule has 0 fully saturated rings. The van der Waals surface area contributed by atoms with Gasteiger partial charge in [-0.25, -0.2) is 4.79 Å². The lowest BCUT2D eigenvalue weighted by Crippen LogP contribution is -2.42. The third-order valence-electron chi connectivity index (χ3n) is 3.66. The molecule has 1 aromatic rings. The largest absolute Gasteiger partial charge is 0.466 e. The van der Waals surface area contributed by atoms with Gasteiger partial charge in [0.1, 0.15) is 6.04 Å². The van der Waals surface area contributed by atoms with Crippen LogP contribution in [0.15, 0.2) is 24.3 Å². The minimum absolute atomic E-state index is 0.0316. The number of benzene rings is 1. The van der Waals surface area contributed by atoms with Gasteiger partial charge < -0.3 is 14.8 Å². The second-order valence-electron chi connectivity index (χ2n) is 5.90. The Hall–Kier alpha value is -2.37. The zero-order valence-electron chi connectivity index (χ0n) is 15.3. The van der Waals surface area contributed by atoms with Crippen LogP contribution in [0.5, 0.6) is 0 Å². The summed E-state index contributed by atoms with van der Waals surface area (Å²) < 4.78 is 9.83. The molecule has 0 saturated heterocycles. The van der Waals surface area contributed by atoms with Gasteiger partial charge in [0.05, 0.1) is 13.2 Å². The van der Waals surface area contributed by atoms with Crippen molar-refractivity contribution in [1.29, 1.82) is 0 Å². The summed E-state index contributed by atoms with van der Waals surface area (Å²) in [5, 5.41) is 2.64. The van der Waals surface area contributed by atoms with E-state index in [1.165, 1.54) is 0 Å². The number of amides is 1. The molecule has 0 bridgehead atoms. The number of hydrogen-bond acceptors (Lipinski definition) is 5. The topological polar surface area (TPSA) is 81.7 Å². The molecule has 1 amide bonds. The van der Waals surface area contributed by atoms with Gasteiger partial charge in [0, 0.05) is 12.0 Å². The minimum atomic E-state index is -0.887. The van der Waals surface area contributed by atoms with Gasteiger partial charge in [0.2, 0.25) is 0 Å². The summed E-state index contributed by atoms with van der Waals surface area (Å²) in [6.45, 7) is 8.02. The van der Waals surface area contributed by atoms with Crippen LogP contribution < -0.4 is 5.32 Å². The highest BCUT2D eigenvalue weighted by Crippen LogP contribution is 2.15. The molecule has 1 atom stereocenters. The fourth-order valence-corrected chi connectivity index (χ4v) is 2.25. The zero-order chi connectivity index (χ0) is 18.8. The molecule has 6 heteroatoms. The molecular formula is C19H27NO5. The van der Waals surface area contributed by atoms with Crippen molar-refractivity contribution >= 4 is 17.8 Å². The molecule has 138 valence electrons. The minimum Gasteiger partial charge on any atom is -0.466 e. The molecule has 0 aliphatic heterocycles. The van der Waals surface area contributed by atoms with E-state index in [-0.39, 0.29) is 32.0 Å². The van der Waals surface area contributed by atoms with Crippen LogP contribution in [-0.2, 0) is 19.1 Å². The maximum absolute atomic E-state index is 12.4. The number of rotatable bonds is 9. The van der Waals surface area contributed by atoms with Crippen LogP contribution in [-0.4, -0.2) is 37.1 Å². The van der Waals surface area contributed by atoms with Crippen LogP contribution in [0.2, 0.25) is 0 Å². The maximum atomic E-state index is 12.4. The number of hydrogen-bond donors (Lipinski definition) is 1. The monoisotopic (exact) mass is 349 g/mol. The molecule has 0 heterocycles. The fourth-order valence-electron chi connectivity index (χ4n) is 2.25. The van der Waals surface area contributed by atoms with Crippen molar-refractivity contribution in [2.45, 2.75) is 52.5 Å². The average molecular weight is 349 g/mol. The normalized spacial score (nSPS) is 11.7. The number of carbonyl (C=O) groups is 3. The lowest BCUT2D eigenvalue weighted by Gasteiger charge is -2.17. The van der Waals surface area contributed by atoms with E-state index in [2.05, 4.69) is 19.2 Å². The van der Waals surface area contributed by atoms with E-state index in [1.54, 1.807) is 26.0 Å². The van der Waals surface area contributed by atoms with Crippen molar-refractivity contribution in [1.82, 2.24) is 5.32 Å². The van der Waals surface area contributed by atoms with E-state index in [4.69, 9.17) is 9.47 Å². The molecule has 0 radical (unpaired) electrons. The van der Waals surface area contributed by atoms with Crippen molar-refractivity contribution in [2.24, 2.45) is 0 Å². The molecule has 25 heavy (non-hydrogen) atoms. The van der Waals surface area contributed by atoms with E-state index >= 15 is 0 Å². The van der Waals surface area contributed by atoms with Gasteiger partial charge in [-0.05, 0) is 43.9 Å². The SMILES string of the molecule is CCOC(=O)CC[C@H](NC(=O)c1ccc(C(C)C)cc1)C(=O)OCC. The number of nitrogens with one attached hydrogen (secondary N) is 1. The Kier molecular flexibility index (Phi) is 8.67. The number of esters is 2. The zero-order valence-corrected chi connectivity index (χ0v) is 15.3. The van der Waals surface area contributed by atoms with E-state index in [1.807, 2.05) is 12.1 Å². The Bertz CT molecular complexity index is 580. The summed E-state index contributed by atoms with van der Waals surface area (Å²) in [4.78, 5) is 35.9. The van der Waals surface area contributed by atoms with Gasteiger partial charge in [0.25, 0.3) is 5.91 Å². The standard InChI is InChI=1S/C19H27NO5/c1-5-24-17(21)12-11-16(19(23)25-6-2)20-18(22)15-9-7-14(8-10-15)13(3)4/h7-10,13,16H,5-6,11-12H2,1-4H3,(H,20,22)/t16-/m0/s1. The molecule has 6 nitrogen and oxygen atoms in total. The second kappa shape index (κ2) is 10.5. The first kappa shape index (κ1) is 20.7. The van der Waals surface area contributed by atoms with Gasteiger partial charge in [0.15, 0.2) is 0 Å². The molecular weight excluding hydrogens is 322 g/mol. The van der Waals surface area contributed by atoms with Crippen molar-refractivity contribution in [2.75, 3.05) is 13.2 Å². The Balaban J connectivity index is 2.75. The van der Waals surface area contributed by atoms with E-state index in [0.717, 1.165) is 5.56 Å². The molecule has 1 N–H and O–H groups in total. The average Bonchev–Trinajstić information content (AvgIpc) is 2.58. The van der Waals surface area contributed by atoms with Crippen LogP contribution in [0, 0.1) is 0 Å². The molecule has 0 unspecified atom stereocenters. The molecule has 0 aliphatic rings. The van der Waals surface area contributed by atoms with Gasteiger partial charge >= 0.3 is 11.9 Å². The first-order valence-electron chi connectivity index (χ1n) is 8.62. The van der Waals surface area contributed by atoms with Gasteiger partial charge in [-0.3, -0.25) is 9.59 Å². The Morgan fingerprint density at radius 2 is 1.60 bits per heavy atom. The van der Waals surface area contributed by atoms with E-state index < -0.39 is 18.0 Å². The van der Waals surface area contributed by atoms with E-state index in [0.29, 0.717) is 11.5 Å². The van der Waals surface area contributed by atoms with Crippen molar-refractivity contribution in [3.63, 3.8) is 0 Å². The quantitative estimate of drug-likeness (QED) is 0.693. The molecule has 0 saturated carbocycles. The summed E-state index contributed by atoms with van der Waals surface area (Å²) in [5.74, 6) is -0.975. The summed E-state index contributed by atoms with van der Waals surface area (Å²) in [6, 6.07) is 6.33. The summed E-state index contributed by atoms with van der Waals surface area (Å²) in [7, 11) is 0. The third-order valence-corrected chi connectivity index (χ3v) is 3.66. The molecule has 1 aromatic carbocycles. The van der Waals surface area contributed by atoms with Crippen LogP contribution in [0.3, 0.4) is 0 Å².